The SMILES string of the molecule is C1CCC(C2CCCCC2NCCC2CCCC2)CC1. The van der Waals surface area contributed by atoms with Crippen molar-refractivity contribution in [1.82, 2.24) is 5.32 Å². The van der Waals surface area contributed by atoms with Crippen molar-refractivity contribution in [2.75, 3.05) is 6.54 Å². The van der Waals surface area contributed by atoms with Crippen LogP contribution in [0.1, 0.15) is 89.9 Å². The van der Waals surface area contributed by atoms with Crippen LogP contribution in [0.15, 0.2) is 0 Å². The van der Waals surface area contributed by atoms with Crippen LogP contribution in [0.5, 0.6) is 0 Å². The summed E-state index contributed by atoms with van der Waals surface area (Å²) >= 11 is 0. The first-order chi connectivity index (χ1) is 9.93. The van der Waals surface area contributed by atoms with E-state index >= 15 is 0 Å². The molecule has 3 rings (SSSR count). The topological polar surface area (TPSA) is 12.0 Å². The van der Waals surface area contributed by atoms with E-state index < -0.39 is 0 Å². The zero-order valence-electron chi connectivity index (χ0n) is 13.4. The highest BCUT2D eigenvalue weighted by molar-refractivity contribution is 4.87. The molecular formula is C19H35N. The van der Waals surface area contributed by atoms with Crippen molar-refractivity contribution in [1.29, 1.82) is 0 Å². The Hall–Kier alpha value is -0.0400. The van der Waals surface area contributed by atoms with Gasteiger partial charge in [-0.25, -0.2) is 0 Å². The molecule has 2 unspecified atom stereocenters. The summed E-state index contributed by atoms with van der Waals surface area (Å²) in [7, 11) is 0. The van der Waals surface area contributed by atoms with Crippen molar-refractivity contribution >= 4 is 0 Å². The van der Waals surface area contributed by atoms with Crippen LogP contribution in [0.4, 0.5) is 0 Å². The minimum atomic E-state index is 0.869. The Morgan fingerprint density at radius 1 is 0.650 bits per heavy atom. The molecule has 0 amide bonds. The average molecular weight is 277 g/mol. The van der Waals surface area contributed by atoms with Gasteiger partial charge in [-0.1, -0.05) is 70.6 Å². The van der Waals surface area contributed by atoms with Gasteiger partial charge in [0.05, 0.1) is 0 Å². The Kier molecular flexibility index (Phi) is 5.82. The average Bonchev–Trinajstić information content (AvgIpc) is 3.02. The fourth-order valence-corrected chi connectivity index (χ4v) is 5.31. The number of hydrogen-bond acceptors (Lipinski definition) is 1. The summed E-state index contributed by atoms with van der Waals surface area (Å²) in [6.07, 6.45) is 21.0. The zero-order valence-corrected chi connectivity index (χ0v) is 13.4. The van der Waals surface area contributed by atoms with Gasteiger partial charge in [-0.15, -0.1) is 0 Å². The molecule has 0 saturated heterocycles. The molecule has 116 valence electrons. The lowest BCUT2D eigenvalue weighted by atomic mass is 9.71. The molecule has 3 aliphatic carbocycles. The molecule has 0 bridgehead atoms. The molecule has 0 spiro atoms. The van der Waals surface area contributed by atoms with Crippen molar-refractivity contribution < 1.29 is 0 Å². The molecule has 1 N–H and O–H groups in total. The van der Waals surface area contributed by atoms with Crippen molar-refractivity contribution in [3.63, 3.8) is 0 Å². The molecule has 0 aromatic rings. The number of rotatable bonds is 5. The quantitative estimate of drug-likeness (QED) is 0.719. The summed E-state index contributed by atoms with van der Waals surface area (Å²) in [5, 5.41) is 4.00. The summed E-state index contributed by atoms with van der Waals surface area (Å²) in [5.41, 5.74) is 0. The molecule has 0 aromatic heterocycles. The Balaban J connectivity index is 1.44. The number of hydrogen-bond donors (Lipinski definition) is 1. The van der Waals surface area contributed by atoms with Crippen LogP contribution < -0.4 is 5.32 Å². The van der Waals surface area contributed by atoms with Gasteiger partial charge in [0.15, 0.2) is 0 Å². The largest absolute Gasteiger partial charge is 0.314 e. The highest BCUT2D eigenvalue weighted by atomic mass is 14.9. The van der Waals surface area contributed by atoms with Gasteiger partial charge in [-0.3, -0.25) is 0 Å². The van der Waals surface area contributed by atoms with Crippen LogP contribution in [0.3, 0.4) is 0 Å². The predicted octanol–water partition coefficient (Wildman–Crippen LogP) is 5.30. The van der Waals surface area contributed by atoms with Gasteiger partial charge >= 0.3 is 0 Å². The molecule has 0 radical (unpaired) electrons. The Labute approximate surface area is 126 Å². The molecule has 3 saturated carbocycles. The van der Waals surface area contributed by atoms with E-state index in [4.69, 9.17) is 0 Å². The van der Waals surface area contributed by atoms with Gasteiger partial charge in [-0.2, -0.15) is 0 Å². The van der Waals surface area contributed by atoms with E-state index in [1.165, 1.54) is 96.4 Å². The fourth-order valence-electron chi connectivity index (χ4n) is 5.31. The molecule has 0 aliphatic heterocycles. The predicted molar refractivity (Wildman–Crippen MR) is 86.9 cm³/mol. The van der Waals surface area contributed by atoms with E-state index in [1.54, 1.807) is 0 Å². The van der Waals surface area contributed by atoms with E-state index in [0.29, 0.717) is 0 Å². The van der Waals surface area contributed by atoms with Crippen LogP contribution >= 0.6 is 0 Å². The molecule has 0 aromatic carbocycles. The molecule has 20 heavy (non-hydrogen) atoms. The fraction of sp³-hybridized carbons (Fsp3) is 1.00. The lowest BCUT2D eigenvalue weighted by Crippen LogP contribution is -2.43. The first kappa shape index (κ1) is 14.9. The first-order valence-corrected chi connectivity index (χ1v) is 9.67. The Morgan fingerprint density at radius 2 is 1.30 bits per heavy atom. The van der Waals surface area contributed by atoms with Gasteiger partial charge in [0.1, 0.15) is 0 Å². The highest BCUT2D eigenvalue weighted by Crippen LogP contribution is 2.38. The summed E-state index contributed by atoms with van der Waals surface area (Å²) in [6.45, 7) is 1.30. The third-order valence-electron chi connectivity index (χ3n) is 6.51. The van der Waals surface area contributed by atoms with Gasteiger partial charge in [-0.05, 0) is 43.6 Å². The van der Waals surface area contributed by atoms with E-state index in [1.807, 2.05) is 0 Å². The summed E-state index contributed by atoms with van der Waals surface area (Å²) in [4.78, 5) is 0. The molecule has 1 heteroatoms. The summed E-state index contributed by atoms with van der Waals surface area (Å²) in [5.74, 6) is 3.14. The van der Waals surface area contributed by atoms with Crippen LogP contribution in [-0.4, -0.2) is 12.6 Å². The van der Waals surface area contributed by atoms with Crippen molar-refractivity contribution in [3.8, 4) is 0 Å². The second-order valence-corrected chi connectivity index (χ2v) is 7.85. The van der Waals surface area contributed by atoms with Crippen molar-refractivity contribution in [2.24, 2.45) is 17.8 Å². The first-order valence-electron chi connectivity index (χ1n) is 9.67. The van der Waals surface area contributed by atoms with E-state index in [9.17, 15) is 0 Å². The van der Waals surface area contributed by atoms with Crippen LogP contribution in [0, 0.1) is 17.8 Å². The summed E-state index contributed by atoms with van der Waals surface area (Å²) < 4.78 is 0. The molecule has 1 nitrogen and oxygen atoms in total. The maximum absolute atomic E-state index is 4.00. The summed E-state index contributed by atoms with van der Waals surface area (Å²) in [6, 6.07) is 0.869. The monoisotopic (exact) mass is 277 g/mol. The molecule has 3 aliphatic rings. The maximum atomic E-state index is 4.00. The lowest BCUT2D eigenvalue weighted by molar-refractivity contribution is 0.149. The second-order valence-electron chi connectivity index (χ2n) is 7.85. The third-order valence-corrected chi connectivity index (χ3v) is 6.51. The van der Waals surface area contributed by atoms with Crippen LogP contribution in [0.25, 0.3) is 0 Å². The zero-order chi connectivity index (χ0) is 13.6. The Morgan fingerprint density at radius 3 is 2.10 bits per heavy atom. The van der Waals surface area contributed by atoms with Crippen LogP contribution in [0.2, 0.25) is 0 Å². The molecule has 2 atom stereocenters. The van der Waals surface area contributed by atoms with Gasteiger partial charge in [0, 0.05) is 6.04 Å². The van der Waals surface area contributed by atoms with Gasteiger partial charge in [0.25, 0.3) is 0 Å². The lowest BCUT2D eigenvalue weighted by Gasteiger charge is -2.39. The highest BCUT2D eigenvalue weighted by Gasteiger charge is 2.32. The van der Waals surface area contributed by atoms with Crippen LogP contribution in [-0.2, 0) is 0 Å². The van der Waals surface area contributed by atoms with Gasteiger partial charge in [0.2, 0.25) is 0 Å². The van der Waals surface area contributed by atoms with E-state index in [-0.39, 0.29) is 0 Å². The standard InChI is InChI=1S/C19H35N/c1-2-10-17(11-3-1)18-12-6-7-13-19(18)20-15-14-16-8-4-5-9-16/h16-20H,1-15H2. The minimum absolute atomic E-state index is 0.869. The van der Waals surface area contributed by atoms with Gasteiger partial charge < -0.3 is 5.32 Å². The Bertz CT molecular complexity index is 263. The minimum Gasteiger partial charge on any atom is -0.314 e. The smallest absolute Gasteiger partial charge is 0.00979 e. The van der Waals surface area contributed by atoms with Crippen molar-refractivity contribution in [2.45, 2.75) is 95.9 Å². The normalized spacial score (nSPS) is 33.6. The van der Waals surface area contributed by atoms with E-state index in [2.05, 4.69) is 5.32 Å². The van der Waals surface area contributed by atoms with E-state index in [0.717, 1.165) is 23.8 Å². The molecule has 0 heterocycles. The molecular weight excluding hydrogens is 242 g/mol. The maximum Gasteiger partial charge on any atom is 0.00979 e. The van der Waals surface area contributed by atoms with Crippen molar-refractivity contribution in [3.05, 3.63) is 0 Å². The molecule has 3 fully saturated rings. The number of nitrogens with one attached hydrogen (secondary N) is 1. The third kappa shape index (κ3) is 4.00. The second kappa shape index (κ2) is 7.82.